The highest BCUT2D eigenvalue weighted by atomic mass is 16.5. The van der Waals surface area contributed by atoms with Crippen molar-refractivity contribution in [2.45, 2.75) is 38.3 Å². The van der Waals surface area contributed by atoms with Gasteiger partial charge in [-0.1, -0.05) is 18.2 Å². The highest BCUT2D eigenvalue weighted by Gasteiger charge is 2.24. The average molecular weight is 275 g/mol. The molecule has 4 nitrogen and oxygen atoms in total. The maximum atomic E-state index is 11.9. The smallest absolute Gasteiger partial charge is 0.249 e. The molecule has 1 N–H and O–H groups in total. The fourth-order valence-electron chi connectivity index (χ4n) is 2.36. The lowest BCUT2D eigenvalue weighted by Crippen LogP contribution is -2.33. The van der Waals surface area contributed by atoms with E-state index in [2.05, 4.69) is 5.32 Å². The Labute approximate surface area is 119 Å². The standard InChI is InChI=1S/C16H21NO3/c18-16(15-6-3-9-19-15)17-10-13-4-1-2-5-14(13)20-11-12-7-8-12/h1-2,4-5,12,15H,3,6-11H2,(H,17,18)/t15-/m0/s1. The summed E-state index contributed by atoms with van der Waals surface area (Å²) in [4.78, 5) is 11.9. The van der Waals surface area contributed by atoms with Gasteiger partial charge in [0.25, 0.3) is 0 Å². The molecular weight excluding hydrogens is 254 g/mol. The average Bonchev–Trinajstić information content (AvgIpc) is 3.14. The number of carbonyl (C=O) groups is 1. The Hall–Kier alpha value is -1.55. The van der Waals surface area contributed by atoms with Crippen LogP contribution in [-0.4, -0.2) is 25.2 Å². The topological polar surface area (TPSA) is 47.6 Å². The van der Waals surface area contributed by atoms with Gasteiger partial charge in [-0.05, 0) is 37.7 Å². The van der Waals surface area contributed by atoms with E-state index in [1.807, 2.05) is 24.3 Å². The molecule has 0 spiro atoms. The van der Waals surface area contributed by atoms with Gasteiger partial charge in [-0.2, -0.15) is 0 Å². The fourth-order valence-corrected chi connectivity index (χ4v) is 2.36. The molecule has 0 radical (unpaired) electrons. The van der Waals surface area contributed by atoms with E-state index in [1.54, 1.807) is 0 Å². The Morgan fingerprint density at radius 2 is 2.15 bits per heavy atom. The van der Waals surface area contributed by atoms with Crippen molar-refractivity contribution in [1.29, 1.82) is 0 Å². The van der Waals surface area contributed by atoms with Gasteiger partial charge in [0.05, 0.1) is 6.61 Å². The number of carbonyl (C=O) groups excluding carboxylic acids is 1. The van der Waals surface area contributed by atoms with Crippen molar-refractivity contribution < 1.29 is 14.3 Å². The highest BCUT2D eigenvalue weighted by Crippen LogP contribution is 2.30. The molecule has 0 aromatic heterocycles. The summed E-state index contributed by atoms with van der Waals surface area (Å²) in [5.41, 5.74) is 1.03. The van der Waals surface area contributed by atoms with E-state index < -0.39 is 0 Å². The molecule has 1 saturated heterocycles. The zero-order valence-electron chi connectivity index (χ0n) is 11.6. The van der Waals surface area contributed by atoms with Crippen molar-refractivity contribution in [1.82, 2.24) is 5.32 Å². The Morgan fingerprint density at radius 3 is 2.90 bits per heavy atom. The normalized spacial score (nSPS) is 21.7. The quantitative estimate of drug-likeness (QED) is 0.866. The van der Waals surface area contributed by atoms with Crippen molar-refractivity contribution in [3.8, 4) is 5.75 Å². The molecule has 1 saturated carbocycles. The second kappa shape index (κ2) is 6.27. The molecule has 0 bridgehead atoms. The van der Waals surface area contributed by atoms with Crippen molar-refractivity contribution in [2.24, 2.45) is 5.92 Å². The molecular formula is C16H21NO3. The van der Waals surface area contributed by atoms with Crippen molar-refractivity contribution in [2.75, 3.05) is 13.2 Å². The van der Waals surface area contributed by atoms with E-state index >= 15 is 0 Å². The molecule has 2 fully saturated rings. The van der Waals surface area contributed by atoms with Crippen LogP contribution in [-0.2, 0) is 16.1 Å². The van der Waals surface area contributed by atoms with E-state index in [0.717, 1.165) is 36.7 Å². The first-order valence-corrected chi connectivity index (χ1v) is 7.43. The number of para-hydroxylation sites is 1. The largest absolute Gasteiger partial charge is 0.493 e. The van der Waals surface area contributed by atoms with Gasteiger partial charge < -0.3 is 14.8 Å². The Morgan fingerprint density at radius 1 is 1.30 bits per heavy atom. The number of hydrogen-bond acceptors (Lipinski definition) is 3. The second-order valence-electron chi connectivity index (χ2n) is 5.58. The molecule has 1 heterocycles. The highest BCUT2D eigenvalue weighted by molar-refractivity contribution is 5.81. The summed E-state index contributed by atoms with van der Waals surface area (Å²) in [6, 6.07) is 7.90. The molecule has 20 heavy (non-hydrogen) atoms. The number of benzene rings is 1. The zero-order valence-corrected chi connectivity index (χ0v) is 11.6. The lowest BCUT2D eigenvalue weighted by molar-refractivity contribution is -0.130. The van der Waals surface area contributed by atoms with Crippen LogP contribution in [0.1, 0.15) is 31.2 Å². The molecule has 2 aliphatic rings. The monoisotopic (exact) mass is 275 g/mol. The first kappa shape index (κ1) is 13.4. The van der Waals surface area contributed by atoms with Crippen molar-refractivity contribution >= 4 is 5.91 Å². The van der Waals surface area contributed by atoms with Crippen molar-refractivity contribution in [3.05, 3.63) is 29.8 Å². The minimum atomic E-state index is -0.269. The fraction of sp³-hybridized carbons (Fsp3) is 0.562. The third-order valence-corrected chi connectivity index (χ3v) is 3.82. The Kier molecular flexibility index (Phi) is 4.21. The van der Waals surface area contributed by atoms with E-state index in [4.69, 9.17) is 9.47 Å². The van der Waals surface area contributed by atoms with Gasteiger partial charge in [-0.15, -0.1) is 0 Å². The third kappa shape index (κ3) is 3.51. The van der Waals surface area contributed by atoms with Crippen LogP contribution in [0.4, 0.5) is 0 Å². The van der Waals surface area contributed by atoms with Crippen LogP contribution in [0.3, 0.4) is 0 Å². The predicted molar refractivity (Wildman–Crippen MR) is 75.5 cm³/mol. The van der Waals surface area contributed by atoms with Crippen LogP contribution >= 0.6 is 0 Å². The van der Waals surface area contributed by atoms with Gasteiger partial charge in [0, 0.05) is 18.7 Å². The Bertz CT molecular complexity index is 465. The molecule has 1 aromatic carbocycles. The number of ether oxygens (including phenoxy) is 2. The van der Waals surface area contributed by atoms with E-state index in [1.165, 1.54) is 12.8 Å². The molecule has 108 valence electrons. The van der Waals surface area contributed by atoms with Gasteiger partial charge in [-0.3, -0.25) is 4.79 Å². The predicted octanol–water partition coefficient (Wildman–Crippen LogP) is 2.27. The van der Waals surface area contributed by atoms with Crippen LogP contribution in [0.15, 0.2) is 24.3 Å². The first-order valence-electron chi connectivity index (χ1n) is 7.43. The zero-order chi connectivity index (χ0) is 13.8. The summed E-state index contributed by atoms with van der Waals surface area (Å²) in [6.45, 7) is 1.98. The summed E-state index contributed by atoms with van der Waals surface area (Å²) in [5.74, 6) is 1.59. The van der Waals surface area contributed by atoms with Crippen LogP contribution in [0, 0.1) is 5.92 Å². The van der Waals surface area contributed by atoms with E-state index in [0.29, 0.717) is 13.2 Å². The van der Waals surface area contributed by atoms with Crippen LogP contribution in [0.5, 0.6) is 5.75 Å². The van der Waals surface area contributed by atoms with Crippen LogP contribution in [0.2, 0.25) is 0 Å². The van der Waals surface area contributed by atoms with E-state index in [9.17, 15) is 4.79 Å². The molecule has 1 aliphatic carbocycles. The maximum absolute atomic E-state index is 11.9. The summed E-state index contributed by atoms with van der Waals surface area (Å²) < 4.78 is 11.2. The summed E-state index contributed by atoms with van der Waals surface area (Å²) in [5, 5.41) is 2.94. The number of rotatable bonds is 6. The molecule has 1 amide bonds. The lowest BCUT2D eigenvalue weighted by atomic mass is 10.2. The Balaban J connectivity index is 1.54. The van der Waals surface area contributed by atoms with Crippen molar-refractivity contribution in [3.63, 3.8) is 0 Å². The van der Waals surface area contributed by atoms with Gasteiger partial charge in [0.15, 0.2) is 0 Å². The number of hydrogen-bond donors (Lipinski definition) is 1. The van der Waals surface area contributed by atoms with Crippen LogP contribution in [0.25, 0.3) is 0 Å². The number of nitrogens with one attached hydrogen (secondary N) is 1. The first-order chi connectivity index (χ1) is 9.83. The van der Waals surface area contributed by atoms with Gasteiger partial charge >= 0.3 is 0 Å². The third-order valence-electron chi connectivity index (χ3n) is 3.82. The molecule has 1 aromatic rings. The van der Waals surface area contributed by atoms with E-state index in [-0.39, 0.29) is 12.0 Å². The molecule has 3 rings (SSSR count). The molecule has 1 atom stereocenters. The summed E-state index contributed by atoms with van der Waals surface area (Å²) >= 11 is 0. The molecule has 4 heteroatoms. The van der Waals surface area contributed by atoms with Gasteiger partial charge in [0.2, 0.25) is 5.91 Å². The summed E-state index contributed by atoms with van der Waals surface area (Å²) in [7, 11) is 0. The molecule has 1 aliphatic heterocycles. The minimum Gasteiger partial charge on any atom is -0.493 e. The number of amides is 1. The van der Waals surface area contributed by atoms with Gasteiger partial charge in [0.1, 0.15) is 11.9 Å². The van der Waals surface area contributed by atoms with Gasteiger partial charge in [-0.25, -0.2) is 0 Å². The maximum Gasteiger partial charge on any atom is 0.249 e. The van der Waals surface area contributed by atoms with Crippen LogP contribution < -0.4 is 10.1 Å². The summed E-state index contributed by atoms with van der Waals surface area (Å²) in [6.07, 6.45) is 4.08. The SMILES string of the molecule is O=C(NCc1ccccc1OCC1CC1)[C@@H]1CCCO1. The molecule has 0 unspecified atom stereocenters. The lowest BCUT2D eigenvalue weighted by Gasteiger charge is -2.13. The minimum absolute atomic E-state index is 0.0144. The second-order valence-corrected chi connectivity index (χ2v) is 5.58.